The summed E-state index contributed by atoms with van der Waals surface area (Å²) in [4.78, 5) is 0. The number of rotatable bonds is 5. The Morgan fingerprint density at radius 1 is 0.846 bits per heavy atom. The summed E-state index contributed by atoms with van der Waals surface area (Å²) in [6, 6.07) is 10.0. The molecule has 0 saturated heterocycles. The van der Waals surface area contributed by atoms with Gasteiger partial charge in [-0.15, -0.1) is 0 Å². The standard InChI is InChI=1S/C22H24O4/c1-22(2)11-10-17-9-8-15(12-18(17)26-22)6-7-16-13-19(23-3)21(25-5)20(14-16)24-4/h6-14H,1-5H3/b7-6+. The highest BCUT2D eigenvalue weighted by Gasteiger charge is 2.21. The van der Waals surface area contributed by atoms with Crippen LogP contribution in [0, 0.1) is 0 Å². The molecule has 0 radical (unpaired) electrons. The van der Waals surface area contributed by atoms with E-state index in [4.69, 9.17) is 18.9 Å². The highest BCUT2D eigenvalue weighted by molar-refractivity contribution is 5.74. The molecule has 0 amide bonds. The minimum absolute atomic E-state index is 0.286. The third-order valence-corrected chi connectivity index (χ3v) is 4.23. The zero-order chi connectivity index (χ0) is 18.7. The van der Waals surface area contributed by atoms with Crippen LogP contribution in [-0.4, -0.2) is 26.9 Å². The van der Waals surface area contributed by atoms with E-state index in [2.05, 4.69) is 30.4 Å². The van der Waals surface area contributed by atoms with E-state index >= 15 is 0 Å². The number of methoxy groups -OCH3 is 3. The summed E-state index contributed by atoms with van der Waals surface area (Å²) >= 11 is 0. The van der Waals surface area contributed by atoms with Crippen molar-refractivity contribution in [3.63, 3.8) is 0 Å². The predicted molar refractivity (Wildman–Crippen MR) is 105 cm³/mol. The van der Waals surface area contributed by atoms with Crippen LogP contribution in [0.2, 0.25) is 0 Å². The van der Waals surface area contributed by atoms with Gasteiger partial charge in [-0.05, 0) is 49.2 Å². The molecule has 26 heavy (non-hydrogen) atoms. The lowest BCUT2D eigenvalue weighted by atomic mass is 10.0. The molecule has 2 aromatic rings. The molecular formula is C22H24O4. The van der Waals surface area contributed by atoms with Crippen LogP contribution in [-0.2, 0) is 0 Å². The smallest absolute Gasteiger partial charge is 0.203 e. The second-order valence-electron chi connectivity index (χ2n) is 6.63. The van der Waals surface area contributed by atoms with Crippen LogP contribution in [0.25, 0.3) is 18.2 Å². The molecule has 136 valence electrons. The number of fused-ring (bicyclic) bond motifs is 1. The van der Waals surface area contributed by atoms with Gasteiger partial charge in [0.25, 0.3) is 0 Å². The third kappa shape index (κ3) is 3.69. The molecule has 1 aliphatic heterocycles. The van der Waals surface area contributed by atoms with Crippen molar-refractivity contribution in [3.8, 4) is 23.0 Å². The van der Waals surface area contributed by atoms with Gasteiger partial charge < -0.3 is 18.9 Å². The summed E-state index contributed by atoms with van der Waals surface area (Å²) < 4.78 is 22.2. The summed E-state index contributed by atoms with van der Waals surface area (Å²) in [6.07, 6.45) is 8.22. The molecule has 0 spiro atoms. The highest BCUT2D eigenvalue weighted by Crippen LogP contribution is 2.39. The molecule has 1 aliphatic rings. The van der Waals surface area contributed by atoms with Crippen LogP contribution in [0.5, 0.6) is 23.0 Å². The third-order valence-electron chi connectivity index (χ3n) is 4.23. The number of ether oxygens (including phenoxy) is 4. The van der Waals surface area contributed by atoms with Gasteiger partial charge in [-0.2, -0.15) is 0 Å². The Hall–Kier alpha value is -2.88. The van der Waals surface area contributed by atoms with Crippen molar-refractivity contribution < 1.29 is 18.9 Å². The van der Waals surface area contributed by atoms with E-state index in [1.807, 2.05) is 38.1 Å². The SMILES string of the molecule is COc1cc(/C=C/c2ccc3c(c2)OC(C)(C)C=C3)cc(OC)c1OC. The van der Waals surface area contributed by atoms with E-state index in [0.29, 0.717) is 17.2 Å². The largest absolute Gasteiger partial charge is 0.493 e. The van der Waals surface area contributed by atoms with Crippen LogP contribution in [0.4, 0.5) is 0 Å². The number of hydrogen-bond acceptors (Lipinski definition) is 4. The average molecular weight is 352 g/mol. The van der Waals surface area contributed by atoms with Gasteiger partial charge in [-0.25, -0.2) is 0 Å². The Morgan fingerprint density at radius 2 is 1.50 bits per heavy atom. The van der Waals surface area contributed by atoms with Crippen LogP contribution in [0.15, 0.2) is 36.4 Å². The first-order valence-corrected chi connectivity index (χ1v) is 8.46. The lowest BCUT2D eigenvalue weighted by Gasteiger charge is -2.27. The molecule has 0 saturated carbocycles. The zero-order valence-corrected chi connectivity index (χ0v) is 15.8. The van der Waals surface area contributed by atoms with Crippen molar-refractivity contribution in [2.45, 2.75) is 19.4 Å². The topological polar surface area (TPSA) is 36.9 Å². The molecule has 4 nitrogen and oxygen atoms in total. The van der Waals surface area contributed by atoms with E-state index in [-0.39, 0.29) is 5.60 Å². The van der Waals surface area contributed by atoms with Gasteiger partial charge in [-0.3, -0.25) is 0 Å². The highest BCUT2D eigenvalue weighted by atomic mass is 16.5. The van der Waals surface area contributed by atoms with E-state index in [1.165, 1.54) is 0 Å². The molecule has 0 aliphatic carbocycles. The normalized spacial score (nSPS) is 14.7. The summed E-state index contributed by atoms with van der Waals surface area (Å²) in [5.74, 6) is 2.74. The first kappa shape index (κ1) is 17.9. The molecule has 0 aromatic heterocycles. The molecule has 3 rings (SSSR count). The van der Waals surface area contributed by atoms with E-state index in [0.717, 1.165) is 22.4 Å². The minimum atomic E-state index is -0.286. The molecule has 0 N–H and O–H groups in total. The maximum absolute atomic E-state index is 6.04. The van der Waals surface area contributed by atoms with Crippen molar-refractivity contribution in [3.05, 3.63) is 53.1 Å². The van der Waals surface area contributed by atoms with Crippen molar-refractivity contribution in [2.75, 3.05) is 21.3 Å². The maximum Gasteiger partial charge on any atom is 0.203 e. The maximum atomic E-state index is 6.04. The average Bonchev–Trinajstić information content (AvgIpc) is 2.64. The number of hydrogen-bond donors (Lipinski definition) is 0. The summed E-state index contributed by atoms with van der Waals surface area (Å²) in [5, 5.41) is 0. The van der Waals surface area contributed by atoms with Crippen molar-refractivity contribution in [1.82, 2.24) is 0 Å². The Balaban J connectivity index is 1.90. The van der Waals surface area contributed by atoms with Gasteiger partial charge in [-0.1, -0.05) is 30.4 Å². The van der Waals surface area contributed by atoms with E-state index in [1.54, 1.807) is 21.3 Å². The van der Waals surface area contributed by atoms with Gasteiger partial charge in [0.05, 0.1) is 21.3 Å². The molecule has 0 unspecified atom stereocenters. The predicted octanol–water partition coefficient (Wildman–Crippen LogP) is 5.07. The first-order chi connectivity index (χ1) is 12.5. The molecule has 2 aromatic carbocycles. The zero-order valence-electron chi connectivity index (χ0n) is 15.8. The van der Waals surface area contributed by atoms with Gasteiger partial charge >= 0.3 is 0 Å². The van der Waals surface area contributed by atoms with E-state index < -0.39 is 0 Å². The Bertz CT molecular complexity index is 837. The number of benzene rings is 2. The fraction of sp³-hybridized carbons (Fsp3) is 0.273. The second kappa shape index (κ2) is 7.16. The second-order valence-corrected chi connectivity index (χ2v) is 6.63. The lowest BCUT2D eigenvalue weighted by Crippen LogP contribution is -2.27. The van der Waals surface area contributed by atoms with Crippen LogP contribution < -0.4 is 18.9 Å². The molecule has 0 fully saturated rings. The Morgan fingerprint density at radius 3 is 2.12 bits per heavy atom. The fourth-order valence-corrected chi connectivity index (χ4v) is 2.88. The van der Waals surface area contributed by atoms with Gasteiger partial charge in [0.1, 0.15) is 11.4 Å². The van der Waals surface area contributed by atoms with Crippen molar-refractivity contribution in [1.29, 1.82) is 0 Å². The summed E-state index contributed by atoms with van der Waals surface area (Å²) in [5.41, 5.74) is 2.82. The Kier molecular flexibility index (Phi) is 4.94. The fourth-order valence-electron chi connectivity index (χ4n) is 2.88. The Labute approximate surface area is 154 Å². The molecule has 1 heterocycles. The molecule has 0 bridgehead atoms. The van der Waals surface area contributed by atoms with Crippen molar-refractivity contribution in [2.24, 2.45) is 0 Å². The van der Waals surface area contributed by atoms with Crippen molar-refractivity contribution >= 4 is 18.2 Å². The molecule has 0 atom stereocenters. The molecule has 4 heteroatoms. The van der Waals surface area contributed by atoms with Crippen LogP contribution in [0.1, 0.15) is 30.5 Å². The van der Waals surface area contributed by atoms with Gasteiger partial charge in [0.15, 0.2) is 11.5 Å². The minimum Gasteiger partial charge on any atom is -0.493 e. The molecular weight excluding hydrogens is 328 g/mol. The van der Waals surface area contributed by atoms with E-state index in [9.17, 15) is 0 Å². The van der Waals surface area contributed by atoms with Crippen LogP contribution in [0.3, 0.4) is 0 Å². The quantitative estimate of drug-likeness (QED) is 0.704. The summed E-state index contributed by atoms with van der Waals surface area (Å²) in [7, 11) is 4.82. The van der Waals surface area contributed by atoms with Gasteiger partial charge in [0.2, 0.25) is 5.75 Å². The lowest BCUT2D eigenvalue weighted by molar-refractivity contribution is 0.159. The summed E-state index contributed by atoms with van der Waals surface area (Å²) in [6.45, 7) is 4.09. The monoisotopic (exact) mass is 352 g/mol. The van der Waals surface area contributed by atoms with Crippen LogP contribution >= 0.6 is 0 Å². The first-order valence-electron chi connectivity index (χ1n) is 8.46. The van der Waals surface area contributed by atoms with Gasteiger partial charge in [0, 0.05) is 5.56 Å².